The van der Waals surface area contributed by atoms with E-state index in [0.29, 0.717) is 11.8 Å². The lowest BCUT2D eigenvalue weighted by molar-refractivity contribution is 0.0920. The number of furan rings is 1. The van der Waals surface area contributed by atoms with Crippen LogP contribution in [-0.2, 0) is 6.54 Å². The van der Waals surface area contributed by atoms with Crippen molar-refractivity contribution in [3.63, 3.8) is 0 Å². The molecule has 0 radical (unpaired) electrons. The van der Waals surface area contributed by atoms with Gasteiger partial charge < -0.3 is 4.42 Å². The number of nitrogens with zero attached hydrogens (tertiary/aromatic N) is 1. The first-order valence-electron chi connectivity index (χ1n) is 5.50. The van der Waals surface area contributed by atoms with E-state index in [1.165, 1.54) is 25.5 Å². The van der Waals surface area contributed by atoms with Gasteiger partial charge in [0.2, 0.25) is 0 Å². The fourth-order valence-corrected chi connectivity index (χ4v) is 1.95. The number of hydrazine groups is 1. The summed E-state index contributed by atoms with van der Waals surface area (Å²) in [6, 6.07) is 2.46. The largest absolute Gasteiger partial charge is 0.459 e. The molecule has 2 rings (SSSR count). The van der Waals surface area contributed by atoms with E-state index in [1.54, 1.807) is 0 Å². The molecule has 0 spiro atoms. The van der Waals surface area contributed by atoms with Gasteiger partial charge in [-0.15, -0.1) is 0 Å². The van der Waals surface area contributed by atoms with Crippen LogP contribution in [0.4, 0.5) is 0 Å². The van der Waals surface area contributed by atoms with Crippen molar-refractivity contribution in [2.75, 3.05) is 7.05 Å². The highest BCUT2D eigenvalue weighted by Crippen LogP contribution is 2.25. The predicted molar refractivity (Wildman–Crippen MR) is 59.5 cm³/mol. The molecule has 88 valence electrons. The van der Waals surface area contributed by atoms with Crippen molar-refractivity contribution < 1.29 is 9.21 Å². The van der Waals surface area contributed by atoms with Gasteiger partial charge in [-0.3, -0.25) is 15.1 Å². The van der Waals surface area contributed by atoms with Crippen molar-refractivity contribution in [2.45, 2.75) is 31.8 Å². The zero-order chi connectivity index (χ0) is 11.5. The predicted octanol–water partition coefficient (Wildman–Crippen LogP) is 0.867. The van der Waals surface area contributed by atoms with Gasteiger partial charge in [0.25, 0.3) is 0 Å². The second kappa shape index (κ2) is 4.67. The van der Waals surface area contributed by atoms with Crippen molar-refractivity contribution >= 4 is 5.91 Å². The van der Waals surface area contributed by atoms with Crippen LogP contribution in [0.3, 0.4) is 0 Å². The highest BCUT2D eigenvalue weighted by Gasteiger charge is 2.24. The van der Waals surface area contributed by atoms with Crippen molar-refractivity contribution in [1.29, 1.82) is 0 Å². The minimum absolute atomic E-state index is 0.314. The van der Waals surface area contributed by atoms with Gasteiger partial charge in [0.1, 0.15) is 0 Å². The summed E-state index contributed by atoms with van der Waals surface area (Å²) in [5, 5.41) is 0. The lowest BCUT2D eigenvalue weighted by Gasteiger charge is -2.34. The number of nitrogen functional groups attached to an aromatic ring is 1. The van der Waals surface area contributed by atoms with Crippen LogP contribution < -0.4 is 11.3 Å². The highest BCUT2D eigenvalue weighted by atomic mass is 16.3. The molecule has 1 fully saturated rings. The van der Waals surface area contributed by atoms with E-state index in [2.05, 4.69) is 17.4 Å². The van der Waals surface area contributed by atoms with E-state index in [0.717, 1.165) is 12.1 Å². The number of nitrogens with two attached hydrogens (primary N) is 1. The third kappa shape index (κ3) is 2.10. The van der Waals surface area contributed by atoms with E-state index >= 15 is 0 Å². The third-order valence-electron chi connectivity index (χ3n) is 3.20. The van der Waals surface area contributed by atoms with Crippen molar-refractivity contribution in [1.82, 2.24) is 10.3 Å². The number of rotatable bonds is 4. The minimum Gasteiger partial charge on any atom is -0.459 e. The number of carbonyl (C=O) groups is 1. The average Bonchev–Trinajstić information content (AvgIpc) is 2.62. The standard InChI is InChI=1S/C11H17N3O2/c1-14(9-3-2-4-9)7-8-5-6-16-10(8)11(15)13-12/h5-6,9H,2-4,7,12H2,1H3,(H,13,15). The van der Waals surface area contributed by atoms with Crippen LogP contribution in [0.15, 0.2) is 16.7 Å². The van der Waals surface area contributed by atoms with E-state index in [4.69, 9.17) is 10.3 Å². The van der Waals surface area contributed by atoms with Crippen LogP contribution in [0.25, 0.3) is 0 Å². The zero-order valence-electron chi connectivity index (χ0n) is 9.40. The molecule has 1 aliphatic carbocycles. The van der Waals surface area contributed by atoms with E-state index in [-0.39, 0.29) is 5.91 Å². The molecule has 0 saturated heterocycles. The Morgan fingerprint density at radius 3 is 3.00 bits per heavy atom. The fraction of sp³-hybridized carbons (Fsp3) is 0.545. The quantitative estimate of drug-likeness (QED) is 0.451. The smallest absolute Gasteiger partial charge is 0.301 e. The zero-order valence-corrected chi connectivity index (χ0v) is 9.40. The molecule has 3 N–H and O–H groups in total. The van der Waals surface area contributed by atoms with Crippen molar-refractivity contribution in [3.8, 4) is 0 Å². The van der Waals surface area contributed by atoms with Gasteiger partial charge in [-0.05, 0) is 26.0 Å². The Morgan fingerprint density at radius 2 is 2.44 bits per heavy atom. The lowest BCUT2D eigenvalue weighted by atomic mass is 9.91. The molecule has 0 atom stereocenters. The molecule has 0 aliphatic heterocycles. The molecule has 0 aromatic carbocycles. The molecule has 16 heavy (non-hydrogen) atoms. The highest BCUT2D eigenvalue weighted by molar-refractivity contribution is 5.92. The van der Waals surface area contributed by atoms with Gasteiger partial charge in [0, 0.05) is 18.2 Å². The molecule has 1 amide bonds. The topological polar surface area (TPSA) is 71.5 Å². The van der Waals surface area contributed by atoms with Crippen molar-refractivity contribution in [3.05, 3.63) is 23.7 Å². The first kappa shape index (κ1) is 11.2. The molecule has 1 aromatic heterocycles. The van der Waals surface area contributed by atoms with Gasteiger partial charge in [-0.25, -0.2) is 5.84 Å². The summed E-state index contributed by atoms with van der Waals surface area (Å²) in [6.07, 6.45) is 5.31. The Balaban J connectivity index is 2.03. The summed E-state index contributed by atoms with van der Waals surface area (Å²) in [4.78, 5) is 13.6. The summed E-state index contributed by atoms with van der Waals surface area (Å²) >= 11 is 0. The summed E-state index contributed by atoms with van der Waals surface area (Å²) in [7, 11) is 2.07. The van der Waals surface area contributed by atoms with Gasteiger partial charge in [0.05, 0.1) is 6.26 Å². The molecule has 1 aromatic rings. The molecule has 0 bridgehead atoms. The maximum atomic E-state index is 11.4. The van der Waals surface area contributed by atoms with Crippen LogP contribution in [-0.4, -0.2) is 23.9 Å². The van der Waals surface area contributed by atoms with E-state index < -0.39 is 0 Å². The summed E-state index contributed by atoms with van der Waals surface area (Å²) in [6.45, 7) is 0.726. The van der Waals surface area contributed by atoms with Crippen LogP contribution >= 0.6 is 0 Å². The van der Waals surface area contributed by atoms with Gasteiger partial charge >= 0.3 is 5.91 Å². The Bertz CT molecular complexity index is 371. The van der Waals surface area contributed by atoms with Gasteiger partial charge in [-0.1, -0.05) is 6.42 Å². The van der Waals surface area contributed by atoms with Gasteiger partial charge in [-0.2, -0.15) is 0 Å². The maximum Gasteiger partial charge on any atom is 0.301 e. The summed E-state index contributed by atoms with van der Waals surface area (Å²) in [5.41, 5.74) is 2.97. The number of amides is 1. The maximum absolute atomic E-state index is 11.4. The molecule has 1 heterocycles. The Kier molecular flexibility index (Phi) is 3.26. The molecule has 1 aliphatic rings. The molecular weight excluding hydrogens is 206 g/mol. The monoisotopic (exact) mass is 223 g/mol. The van der Waals surface area contributed by atoms with E-state index in [9.17, 15) is 4.79 Å². The number of carbonyl (C=O) groups excluding carboxylic acids is 1. The first-order valence-corrected chi connectivity index (χ1v) is 5.50. The first-order chi connectivity index (χ1) is 7.72. The summed E-state index contributed by atoms with van der Waals surface area (Å²) < 4.78 is 5.13. The molecule has 5 nitrogen and oxygen atoms in total. The second-order valence-corrected chi connectivity index (χ2v) is 4.25. The Labute approximate surface area is 94.6 Å². The van der Waals surface area contributed by atoms with Crippen LogP contribution in [0, 0.1) is 0 Å². The normalized spacial score (nSPS) is 16.2. The molecule has 5 heteroatoms. The van der Waals surface area contributed by atoms with Crippen LogP contribution in [0.2, 0.25) is 0 Å². The van der Waals surface area contributed by atoms with Crippen LogP contribution in [0.5, 0.6) is 0 Å². The van der Waals surface area contributed by atoms with Crippen molar-refractivity contribution in [2.24, 2.45) is 5.84 Å². The number of hydrogen-bond acceptors (Lipinski definition) is 4. The van der Waals surface area contributed by atoms with E-state index in [1.807, 2.05) is 6.07 Å². The second-order valence-electron chi connectivity index (χ2n) is 4.25. The number of hydrogen-bond donors (Lipinski definition) is 2. The minimum atomic E-state index is -0.373. The molecule has 0 unspecified atom stereocenters. The average molecular weight is 223 g/mol. The fourth-order valence-electron chi connectivity index (χ4n) is 1.95. The summed E-state index contributed by atoms with van der Waals surface area (Å²) in [5.74, 6) is 5.03. The van der Waals surface area contributed by atoms with Crippen LogP contribution in [0.1, 0.15) is 35.4 Å². The molecular formula is C11H17N3O2. The van der Waals surface area contributed by atoms with Gasteiger partial charge in [0.15, 0.2) is 5.76 Å². The Hall–Kier alpha value is -1.33. The number of nitrogens with one attached hydrogen (secondary N) is 1. The lowest BCUT2D eigenvalue weighted by Crippen LogP contribution is -2.37. The molecule has 1 saturated carbocycles. The SMILES string of the molecule is CN(Cc1ccoc1C(=O)NN)C1CCC1. The Morgan fingerprint density at radius 1 is 1.69 bits per heavy atom. The third-order valence-corrected chi connectivity index (χ3v) is 3.20.